The van der Waals surface area contributed by atoms with Crippen molar-refractivity contribution in [3.05, 3.63) is 47.8 Å². The summed E-state index contributed by atoms with van der Waals surface area (Å²) in [4.78, 5) is 3.48. The van der Waals surface area contributed by atoms with Crippen molar-refractivity contribution in [3.8, 4) is 11.6 Å². The lowest BCUT2D eigenvalue weighted by atomic mass is 10.3. The number of hydrogen-bond acceptors (Lipinski definition) is 4. The van der Waals surface area contributed by atoms with Crippen molar-refractivity contribution in [1.82, 2.24) is 4.98 Å². The zero-order valence-electron chi connectivity index (χ0n) is 8.95. The van der Waals surface area contributed by atoms with Gasteiger partial charge in [-0.1, -0.05) is 6.07 Å². The van der Waals surface area contributed by atoms with E-state index in [2.05, 4.69) is 4.98 Å². The average Bonchev–Trinajstić information content (AvgIpc) is 2.33. The molecule has 0 saturated heterocycles. The van der Waals surface area contributed by atoms with Gasteiger partial charge in [-0.05, 0) is 12.1 Å². The Morgan fingerprint density at radius 2 is 1.89 bits per heavy atom. The van der Waals surface area contributed by atoms with Crippen LogP contribution in [-0.4, -0.2) is 4.98 Å². The molecule has 0 fully saturated rings. The summed E-state index contributed by atoms with van der Waals surface area (Å²) < 4.78 is 44.3. The lowest BCUT2D eigenvalue weighted by Crippen LogP contribution is -2.11. The van der Waals surface area contributed by atoms with E-state index in [0.29, 0.717) is 6.07 Å². The lowest BCUT2D eigenvalue weighted by Gasteiger charge is -2.08. The van der Waals surface area contributed by atoms with E-state index < -0.39 is 23.3 Å². The molecule has 7 heteroatoms. The van der Waals surface area contributed by atoms with Crippen molar-refractivity contribution >= 4 is 5.82 Å². The highest BCUT2D eigenvalue weighted by Crippen LogP contribution is 2.25. The van der Waals surface area contributed by atoms with Crippen molar-refractivity contribution in [2.75, 3.05) is 5.43 Å². The Hall–Kier alpha value is -2.28. The first-order valence-electron chi connectivity index (χ1n) is 4.86. The van der Waals surface area contributed by atoms with Gasteiger partial charge >= 0.3 is 0 Å². The Labute approximate surface area is 100 Å². The SMILES string of the molecule is NNc1nc(Oc2cccc(F)c2)c(F)cc1F. The number of nitrogens with two attached hydrogens (primary N) is 1. The summed E-state index contributed by atoms with van der Waals surface area (Å²) in [5, 5.41) is 0. The zero-order chi connectivity index (χ0) is 13.1. The van der Waals surface area contributed by atoms with Gasteiger partial charge in [0.05, 0.1) is 0 Å². The molecule has 0 saturated carbocycles. The lowest BCUT2D eigenvalue weighted by molar-refractivity contribution is 0.415. The van der Waals surface area contributed by atoms with Crippen LogP contribution in [0, 0.1) is 17.5 Å². The molecule has 0 unspecified atom stereocenters. The van der Waals surface area contributed by atoms with E-state index in [1.807, 2.05) is 5.43 Å². The number of nitrogens with zero attached hydrogens (tertiary/aromatic N) is 1. The highest BCUT2D eigenvalue weighted by Gasteiger charge is 2.13. The van der Waals surface area contributed by atoms with E-state index >= 15 is 0 Å². The Kier molecular flexibility index (Phi) is 3.33. The molecule has 1 heterocycles. The molecule has 0 radical (unpaired) electrons. The summed E-state index contributed by atoms with van der Waals surface area (Å²) in [6, 6.07) is 5.60. The first-order chi connectivity index (χ1) is 8.60. The van der Waals surface area contributed by atoms with Gasteiger partial charge in [0.25, 0.3) is 5.88 Å². The molecule has 1 aromatic carbocycles. The first-order valence-corrected chi connectivity index (χ1v) is 4.86. The topological polar surface area (TPSA) is 60.2 Å². The van der Waals surface area contributed by atoms with Gasteiger partial charge < -0.3 is 10.2 Å². The van der Waals surface area contributed by atoms with Crippen LogP contribution in [0.4, 0.5) is 19.0 Å². The molecule has 0 aliphatic carbocycles. The largest absolute Gasteiger partial charge is 0.436 e. The number of rotatable bonds is 3. The monoisotopic (exact) mass is 255 g/mol. The number of benzene rings is 1. The molecule has 0 aliphatic heterocycles. The summed E-state index contributed by atoms with van der Waals surface area (Å²) in [6.45, 7) is 0. The quantitative estimate of drug-likeness (QED) is 0.653. The minimum Gasteiger partial charge on any atom is -0.436 e. The Morgan fingerprint density at radius 3 is 2.56 bits per heavy atom. The number of ether oxygens (including phenoxy) is 1. The predicted octanol–water partition coefficient (Wildman–Crippen LogP) is 2.58. The van der Waals surface area contributed by atoms with Gasteiger partial charge in [-0.3, -0.25) is 0 Å². The predicted molar refractivity (Wildman–Crippen MR) is 58.4 cm³/mol. The van der Waals surface area contributed by atoms with Gasteiger partial charge in [0.15, 0.2) is 17.5 Å². The Bertz CT molecular complexity index is 577. The van der Waals surface area contributed by atoms with Gasteiger partial charge in [0.2, 0.25) is 0 Å². The smallest absolute Gasteiger partial charge is 0.258 e. The number of nitrogen functional groups attached to an aromatic ring is 1. The number of nitrogens with one attached hydrogen (secondary N) is 1. The molecule has 0 bridgehead atoms. The van der Waals surface area contributed by atoms with Crippen LogP contribution in [0.5, 0.6) is 11.6 Å². The van der Waals surface area contributed by atoms with Crippen molar-refractivity contribution in [2.45, 2.75) is 0 Å². The second-order valence-corrected chi connectivity index (χ2v) is 3.31. The fourth-order valence-corrected chi connectivity index (χ4v) is 1.26. The molecular weight excluding hydrogens is 247 g/mol. The summed E-state index contributed by atoms with van der Waals surface area (Å²) in [5.41, 5.74) is 1.95. The van der Waals surface area contributed by atoms with E-state index in [9.17, 15) is 13.2 Å². The van der Waals surface area contributed by atoms with Gasteiger partial charge in [0, 0.05) is 12.1 Å². The van der Waals surface area contributed by atoms with Gasteiger partial charge in [0.1, 0.15) is 11.6 Å². The number of pyridine rings is 1. The van der Waals surface area contributed by atoms with Crippen LogP contribution >= 0.6 is 0 Å². The second kappa shape index (κ2) is 4.92. The van der Waals surface area contributed by atoms with Crippen LogP contribution in [0.3, 0.4) is 0 Å². The standard InChI is InChI=1S/C11H8F3N3O/c12-6-2-1-3-7(4-6)18-11-9(14)5-8(13)10(16-11)17-15/h1-5H,15H2,(H,16,17). The van der Waals surface area contributed by atoms with E-state index in [0.717, 1.165) is 6.07 Å². The van der Waals surface area contributed by atoms with Crippen molar-refractivity contribution in [2.24, 2.45) is 5.84 Å². The molecule has 0 amide bonds. The average molecular weight is 255 g/mol. The van der Waals surface area contributed by atoms with Crippen LogP contribution < -0.4 is 16.0 Å². The molecule has 0 aliphatic rings. The van der Waals surface area contributed by atoms with E-state index in [1.54, 1.807) is 0 Å². The van der Waals surface area contributed by atoms with Gasteiger partial charge in [-0.25, -0.2) is 19.0 Å². The minimum atomic E-state index is -1.02. The number of halogens is 3. The Morgan fingerprint density at radius 1 is 1.11 bits per heavy atom. The summed E-state index contributed by atoms with van der Waals surface area (Å²) >= 11 is 0. The minimum absolute atomic E-state index is 0.0379. The highest BCUT2D eigenvalue weighted by molar-refractivity contribution is 5.39. The first kappa shape index (κ1) is 12.2. The summed E-state index contributed by atoms with van der Waals surface area (Å²) in [5.74, 6) is 1.63. The van der Waals surface area contributed by atoms with E-state index in [1.165, 1.54) is 18.2 Å². The summed E-state index contributed by atoms with van der Waals surface area (Å²) in [6.07, 6.45) is 0. The number of hydrazine groups is 1. The number of aromatic nitrogens is 1. The fourth-order valence-electron chi connectivity index (χ4n) is 1.26. The highest BCUT2D eigenvalue weighted by atomic mass is 19.1. The fraction of sp³-hybridized carbons (Fsp3) is 0. The molecule has 0 atom stereocenters. The molecule has 2 rings (SSSR count). The Balaban J connectivity index is 2.34. The van der Waals surface area contributed by atoms with Crippen LogP contribution in [-0.2, 0) is 0 Å². The molecule has 4 nitrogen and oxygen atoms in total. The normalized spacial score (nSPS) is 10.2. The van der Waals surface area contributed by atoms with Crippen LogP contribution in [0.15, 0.2) is 30.3 Å². The van der Waals surface area contributed by atoms with Crippen molar-refractivity contribution < 1.29 is 17.9 Å². The number of anilines is 1. The van der Waals surface area contributed by atoms with Crippen LogP contribution in [0.25, 0.3) is 0 Å². The van der Waals surface area contributed by atoms with Crippen LogP contribution in [0.1, 0.15) is 0 Å². The molecule has 2 aromatic rings. The third-order valence-electron chi connectivity index (χ3n) is 2.04. The zero-order valence-corrected chi connectivity index (χ0v) is 8.95. The second-order valence-electron chi connectivity index (χ2n) is 3.31. The van der Waals surface area contributed by atoms with Crippen LogP contribution in [0.2, 0.25) is 0 Å². The maximum atomic E-state index is 13.4. The van der Waals surface area contributed by atoms with E-state index in [4.69, 9.17) is 10.6 Å². The third-order valence-corrected chi connectivity index (χ3v) is 2.04. The molecule has 3 N–H and O–H groups in total. The number of hydrogen-bond donors (Lipinski definition) is 2. The third kappa shape index (κ3) is 2.51. The van der Waals surface area contributed by atoms with Crippen molar-refractivity contribution in [3.63, 3.8) is 0 Å². The van der Waals surface area contributed by atoms with Crippen molar-refractivity contribution in [1.29, 1.82) is 0 Å². The molecule has 0 spiro atoms. The molecule has 18 heavy (non-hydrogen) atoms. The molecule has 1 aromatic heterocycles. The molecule has 94 valence electrons. The molecular formula is C11H8F3N3O. The van der Waals surface area contributed by atoms with E-state index in [-0.39, 0.29) is 11.6 Å². The maximum absolute atomic E-state index is 13.4. The van der Waals surface area contributed by atoms with Gasteiger partial charge in [-0.2, -0.15) is 4.98 Å². The maximum Gasteiger partial charge on any atom is 0.258 e. The van der Waals surface area contributed by atoms with Gasteiger partial charge in [-0.15, -0.1) is 0 Å². The summed E-state index contributed by atoms with van der Waals surface area (Å²) in [7, 11) is 0.